The Morgan fingerprint density at radius 1 is 1.29 bits per heavy atom. The van der Waals surface area contributed by atoms with E-state index in [-0.39, 0.29) is 6.42 Å². The summed E-state index contributed by atoms with van der Waals surface area (Å²) < 4.78 is 4.80. The minimum atomic E-state index is -0.957. The maximum Gasteiger partial charge on any atom is 0.319 e. The van der Waals surface area contributed by atoms with Crippen LogP contribution < -0.4 is 10.6 Å². The molecule has 0 aliphatic rings. The van der Waals surface area contributed by atoms with E-state index in [4.69, 9.17) is 9.63 Å². The molecule has 0 aliphatic heterocycles. The number of rotatable bonds is 6. The van der Waals surface area contributed by atoms with Crippen LogP contribution >= 0.6 is 0 Å². The first-order chi connectivity index (χ1) is 10.1. The Balaban J connectivity index is 1.86. The van der Waals surface area contributed by atoms with Crippen LogP contribution in [0.3, 0.4) is 0 Å². The smallest absolute Gasteiger partial charge is 0.319 e. The maximum absolute atomic E-state index is 11.7. The number of aromatic nitrogens is 2. The molecular weight excluding hydrogens is 276 g/mol. The Bertz CT molecular complexity index is 612. The molecule has 1 aromatic heterocycles. The highest BCUT2D eigenvalue weighted by Crippen LogP contribution is 2.15. The lowest BCUT2D eigenvalue weighted by Crippen LogP contribution is -2.31. The zero-order chi connectivity index (χ0) is 15.1. The van der Waals surface area contributed by atoms with Crippen molar-refractivity contribution in [2.75, 3.05) is 11.9 Å². The number of para-hydroxylation sites is 1. The molecule has 0 atom stereocenters. The molecule has 2 rings (SSSR count). The molecule has 0 aliphatic carbocycles. The van der Waals surface area contributed by atoms with Crippen molar-refractivity contribution in [2.24, 2.45) is 0 Å². The Kier molecular flexibility index (Phi) is 4.86. The van der Waals surface area contributed by atoms with Gasteiger partial charge in [-0.2, -0.15) is 4.98 Å². The van der Waals surface area contributed by atoms with Gasteiger partial charge in [-0.15, -0.1) is 0 Å². The van der Waals surface area contributed by atoms with Crippen molar-refractivity contribution in [3.63, 3.8) is 0 Å². The number of urea groups is 1. The molecule has 0 saturated carbocycles. The van der Waals surface area contributed by atoms with Crippen LogP contribution in [0.4, 0.5) is 10.5 Å². The van der Waals surface area contributed by atoms with Crippen LogP contribution in [0, 0.1) is 0 Å². The van der Waals surface area contributed by atoms with Gasteiger partial charge in [0.05, 0.1) is 6.42 Å². The van der Waals surface area contributed by atoms with Crippen LogP contribution in [0.2, 0.25) is 0 Å². The standard InChI is InChI=1S/C13H14N4O4/c18-12(19)7-9-3-1-2-4-10(9)17-13(20)14-6-5-11-15-8-16-21-11/h1-4,8H,5-7H2,(H,18,19)(H2,14,17,20). The SMILES string of the molecule is O=C(O)Cc1ccccc1NC(=O)NCCc1ncno1. The van der Waals surface area contributed by atoms with Crippen molar-refractivity contribution in [3.8, 4) is 0 Å². The molecule has 1 heterocycles. The molecule has 0 radical (unpaired) electrons. The van der Waals surface area contributed by atoms with Crippen molar-refractivity contribution < 1.29 is 19.2 Å². The molecule has 2 amide bonds. The third-order valence-electron chi connectivity index (χ3n) is 2.64. The van der Waals surface area contributed by atoms with Gasteiger partial charge in [-0.05, 0) is 11.6 Å². The second-order valence-corrected chi connectivity index (χ2v) is 4.19. The minimum absolute atomic E-state index is 0.154. The van der Waals surface area contributed by atoms with Gasteiger partial charge in [0.25, 0.3) is 0 Å². The summed E-state index contributed by atoms with van der Waals surface area (Å²) in [4.78, 5) is 26.3. The van der Waals surface area contributed by atoms with Crippen molar-refractivity contribution in [2.45, 2.75) is 12.8 Å². The molecule has 0 bridgehead atoms. The van der Waals surface area contributed by atoms with E-state index >= 15 is 0 Å². The number of benzene rings is 1. The lowest BCUT2D eigenvalue weighted by Gasteiger charge is -2.10. The van der Waals surface area contributed by atoms with Crippen molar-refractivity contribution in [1.29, 1.82) is 0 Å². The van der Waals surface area contributed by atoms with E-state index in [1.54, 1.807) is 24.3 Å². The molecule has 21 heavy (non-hydrogen) atoms. The molecule has 110 valence electrons. The number of nitrogens with zero attached hydrogens (tertiary/aromatic N) is 2. The number of anilines is 1. The van der Waals surface area contributed by atoms with Crippen LogP contribution in [-0.2, 0) is 17.6 Å². The number of nitrogens with one attached hydrogen (secondary N) is 2. The summed E-state index contributed by atoms with van der Waals surface area (Å²) in [6.45, 7) is 0.328. The molecule has 1 aromatic carbocycles. The van der Waals surface area contributed by atoms with Gasteiger partial charge in [0.1, 0.15) is 0 Å². The topological polar surface area (TPSA) is 117 Å². The number of carbonyl (C=O) groups excluding carboxylic acids is 1. The third kappa shape index (κ3) is 4.60. The highest BCUT2D eigenvalue weighted by molar-refractivity contribution is 5.90. The van der Waals surface area contributed by atoms with Gasteiger partial charge in [0, 0.05) is 18.7 Å². The van der Waals surface area contributed by atoms with E-state index in [9.17, 15) is 9.59 Å². The summed E-state index contributed by atoms with van der Waals surface area (Å²) in [5.74, 6) is -0.525. The second-order valence-electron chi connectivity index (χ2n) is 4.19. The molecule has 8 nitrogen and oxygen atoms in total. The zero-order valence-electron chi connectivity index (χ0n) is 11.1. The highest BCUT2D eigenvalue weighted by Gasteiger charge is 2.09. The quantitative estimate of drug-likeness (QED) is 0.732. The van der Waals surface area contributed by atoms with Crippen LogP contribution in [0.15, 0.2) is 35.1 Å². The van der Waals surface area contributed by atoms with E-state index in [1.807, 2.05) is 0 Å². The summed E-state index contributed by atoms with van der Waals surface area (Å²) in [5.41, 5.74) is 1.01. The lowest BCUT2D eigenvalue weighted by atomic mass is 10.1. The van der Waals surface area contributed by atoms with Gasteiger partial charge in [-0.3, -0.25) is 4.79 Å². The minimum Gasteiger partial charge on any atom is -0.481 e. The highest BCUT2D eigenvalue weighted by atomic mass is 16.5. The number of carboxylic acids is 1. The number of aliphatic carboxylic acids is 1. The summed E-state index contributed by atoms with van der Waals surface area (Å²) >= 11 is 0. The van der Waals surface area contributed by atoms with Crippen LogP contribution in [0.5, 0.6) is 0 Å². The monoisotopic (exact) mass is 290 g/mol. The average Bonchev–Trinajstić information content (AvgIpc) is 2.93. The molecule has 0 unspecified atom stereocenters. The summed E-state index contributed by atoms with van der Waals surface area (Å²) in [6, 6.07) is 6.32. The third-order valence-corrected chi connectivity index (χ3v) is 2.64. The lowest BCUT2D eigenvalue weighted by molar-refractivity contribution is -0.136. The summed E-state index contributed by atoms with van der Waals surface area (Å²) in [5, 5.41) is 17.5. The summed E-state index contributed by atoms with van der Waals surface area (Å²) in [6.07, 6.45) is 1.56. The van der Waals surface area contributed by atoms with Crippen molar-refractivity contribution in [3.05, 3.63) is 42.0 Å². The molecule has 0 fully saturated rings. The predicted octanol–water partition coefficient (Wildman–Crippen LogP) is 1.06. The van der Waals surface area contributed by atoms with Gasteiger partial charge >= 0.3 is 12.0 Å². The molecule has 8 heteroatoms. The van der Waals surface area contributed by atoms with E-state index in [2.05, 4.69) is 20.8 Å². The molecular formula is C13H14N4O4. The van der Waals surface area contributed by atoms with Crippen molar-refractivity contribution in [1.82, 2.24) is 15.5 Å². The van der Waals surface area contributed by atoms with E-state index in [1.165, 1.54) is 6.33 Å². The number of amides is 2. The van der Waals surface area contributed by atoms with E-state index < -0.39 is 12.0 Å². The first-order valence-electron chi connectivity index (χ1n) is 6.25. The van der Waals surface area contributed by atoms with Gasteiger partial charge in [0.2, 0.25) is 5.89 Å². The number of carbonyl (C=O) groups is 2. The fourth-order valence-corrected chi connectivity index (χ4v) is 1.71. The average molecular weight is 290 g/mol. The van der Waals surface area contributed by atoms with E-state index in [0.29, 0.717) is 30.1 Å². The first-order valence-corrected chi connectivity index (χ1v) is 6.25. The second kappa shape index (κ2) is 7.04. The zero-order valence-corrected chi connectivity index (χ0v) is 11.1. The number of hydrogen-bond donors (Lipinski definition) is 3. The van der Waals surface area contributed by atoms with Crippen LogP contribution in [-0.4, -0.2) is 33.8 Å². The molecule has 0 spiro atoms. The first kappa shape index (κ1) is 14.5. The molecule has 3 N–H and O–H groups in total. The van der Waals surface area contributed by atoms with Gasteiger partial charge in [-0.1, -0.05) is 23.4 Å². The van der Waals surface area contributed by atoms with Crippen molar-refractivity contribution >= 4 is 17.7 Å². The Morgan fingerprint density at radius 3 is 2.81 bits per heavy atom. The van der Waals surface area contributed by atoms with E-state index in [0.717, 1.165) is 0 Å². The summed E-state index contributed by atoms with van der Waals surface area (Å²) in [7, 11) is 0. The molecule has 2 aromatic rings. The Morgan fingerprint density at radius 2 is 2.10 bits per heavy atom. The number of hydrogen-bond acceptors (Lipinski definition) is 5. The van der Waals surface area contributed by atoms with Gasteiger partial charge in [-0.25, -0.2) is 4.79 Å². The Labute approximate surface area is 120 Å². The Hall–Kier alpha value is -2.90. The van der Waals surface area contributed by atoms with Crippen LogP contribution in [0.1, 0.15) is 11.5 Å². The predicted molar refractivity (Wildman–Crippen MR) is 72.8 cm³/mol. The largest absolute Gasteiger partial charge is 0.481 e. The fraction of sp³-hybridized carbons (Fsp3) is 0.231. The normalized spacial score (nSPS) is 10.1. The molecule has 0 saturated heterocycles. The van der Waals surface area contributed by atoms with Gasteiger partial charge < -0.3 is 20.3 Å². The fourth-order valence-electron chi connectivity index (χ4n) is 1.71. The van der Waals surface area contributed by atoms with Gasteiger partial charge in [0.15, 0.2) is 6.33 Å². The number of carboxylic acid groups (broad SMARTS) is 1. The van der Waals surface area contributed by atoms with Crippen LogP contribution in [0.25, 0.3) is 0 Å². The maximum atomic E-state index is 11.7.